The van der Waals surface area contributed by atoms with Gasteiger partial charge in [-0.05, 0) is 48.1 Å². The molecule has 91 valence electrons. The van der Waals surface area contributed by atoms with Gasteiger partial charge in [0.15, 0.2) is 0 Å². The molecular weight excluding hydrogens is 216 g/mol. The van der Waals surface area contributed by atoms with Crippen molar-refractivity contribution in [3.8, 4) is 0 Å². The highest BCUT2D eigenvalue weighted by atomic mass is 32.1. The van der Waals surface area contributed by atoms with Crippen molar-refractivity contribution in [1.29, 1.82) is 0 Å². The maximum Gasteiger partial charge on any atom is 0.0466 e. The van der Waals surface area contributed by atoms with E-state index in [-0.39, 0.29) is 0 Å². The van der Waals surface area contributed by atoms with Gasteiger partial charge in [-0.1, -0.05) is 26.2 Å². The van der Waals surface area contributed by atoms with E-state index in [2.05, 4.69) is 23.8 Å². The molecule has 0 aliphatic heterocycles. The van der Waals surface area contributed by atoms with E-state index in [0.717, 1.165) is 19.6 Å². The fourth-order valence-corrected chi connectivity index (χ4v) is 2.33. The van der Waals surface area contributed by atoms with Gasteiger partial charge in [-0.3, -0.25) is 0 Å². The number of aryl methyl sites for hydroxylation is 1. The Hall–Kier alpha value is -0.340. The number of thiophene rings is 1. The number of unbranched alkanes of at least 4 members (excludes halogenated alkanes) is 4. The second-order valence-corrected chi connectivity index (χ2v) is 4.90. The highest BCUT2D eigenvalue weighted by Crippen LogP contribution is 2.10. The summed E-state index contributed by atoms with van der Waals surface area (Å²) >= 11 is 1.79. The summed E-state index contributed by atoms with van der Waals surface area (Å²) in [6.07, 6.45) is 8.39. The van der Waals surface area contributed by atoms with E-state index in [1.54, 1.807) is 11.3 Å². The molecule has 1 radical (unpaired) electrons. The standard InChI is InChI=1S/C14H23OS/c1-2-3-6-10-15-11-7-4-5-8-14-9-12-16-13-14/h9,12-13H,1-8,10-11H2. The molecule has 0 saturated carbocycles. The van der Waals surface area contributed by atoms with Gasteiger partial charge in [-0.25, -0.2) is 0 Å². The zero-order chi connectivity index (χ0) is 11.5. The molecule has 1 heterocycles. The minimum atomic E-state index is 0.917. The van der Waals surface area contributed by atoms with Gasteiger partial charge in [0.25, 0.3) is 0 Å². The van der Waals surface area contributed by atoms with E-state index in [0.29, 0.717) is 0 Å². The monoisotopic (exact) mass is 239 g/mol. The van der Waals surface area contributed by atoms with Crippen LogP contribution in [-0.2, 0) is 11.2 Å². The molecule has 1 rings (SSSR count). The summed E-state index contributed by atoms with van der Waals surface area (Å²) < 4.78 is 5.55. The second-order valence-electron chi connectivity index (χ2n) is 4.12. The number of hydrogen-bond donors (Lipinski definition) is 0. The molecule has 0 aliphatic carbocycles. The van der Waals surface area contributed by atoms with E-state index in [1.807, 2.05) is 0 Å². The first-order valence-electron chi connectivity index (χ1n) is 6.31. The summed E-state index contributed by atoms with van der Waals surface area (Å²) in [5.41, 5.74) is 1.49. The maximum absolute atomic E-state index is 5.55. The Morgan fingerprint density at radius 1 is 1.06 bits per heavy atom. The lowest BCUT2D eigenvalue weighted by Crippen LogP contribution is -1.97. The van der Waals surface area contributed by atoms with Gasteiger partial charge in [-0.2, -0.15) is 11.3 Å². The van der Waals surface area contributed by atoms with Gasteiger partial charge in [0.1, 0.15) is 0 Å². The van der Waals surface area contributed by atoms with E-state index in [4.69, 9.17) is 4.74 Å². The Morgan fingerprint density at radius 3 is 2.56 bits per heavy atom. The number of hydrogen-bond acceptors (Lipinski definition) is 2. The molecule has 1 aromatic rings. The Balaban J connectivity index is 1.78. The Kier molecular flexibility index (Phi) is 8.45. The summed E-state index contributed by atoms with van der Waals surface area (Å²) in [7, 11) is 0. The van der Waals surface area contributed by atoms with Gasteiger partial charge >= 0.3 is 0 Å². The van der Waals surface area contributed by atoms with Crippen LogP contribution in [0.4, 0.5) is 0 Å². The first-order chi connectivity index (χ1) is 7.93. The van der Waals surface area contributed by atoms with Crippen LogP contribution in [0.1, 0.15) is 44.1 Å². The Morgan fingerprint density at radius 2 is 1.88 bits per heavy atom. The van der Waals surface area contributed by atoms with Crippen LogP contribution in [0.5, 0.6) is 0 Å². The van der Waals surface area contributed by atoms with Crippen molar-refractivity contribution >= 4 is 11.3 Å². The van der Waals surface area contributed by atoms with E-state index >= 15 is 0 Å². The van der Waals surface area contributed by atoms with Crippen molar-refractivity contribution in [2.45, 2.75) is 44.9 Å². The average Bonchev–Trinajstić information content (AvgIpc) is 2.80. The number of rotatable bonds is 10. The lowest BCUT2D eigenvalue weighted by Gasteiger charge is -2.03. The van der Waals surface area contributed by atoms with E-state index < -0.39 is 0 Å². The van der Waals surface area contributed by atoms with Crippen LogP contribution in [-0.4, -0.2) is 13.2 Å². The molecule has 1 aromatic heterocycles. The zero-order valence-corrected chi connectivity index (χ0v) is 10.9. The maximum atomic E-state index is 5.55. The highest BCUT2D eigenvalue weighted by Gasteiger charge is 1.94. The van der Waals surface area contributed by atoms with Gasteiger partial charge < -0.3 is 4.74 Å². The molecule has 0 saturated heterocycles. The molecule has 0 fully saturated rings. The predicted molar refractivity (Wildman–Crippen MR) is 71.9 cm³/mol. The average molecular weight is 239 g/mol. The molecule has 0 aliphatic rings. The zero-order valence-electron chi connectivity index (χ0n) is 10.1. The minimum Gasteiger partial charge on any atom is -0.381 e. The van der Waals surface area contributed by atoms with Crippen LogP contribution in [0.25, 0.3) is 0 Å². The van der Waals surface area contributed by atoms with E-state index in [1.165, 1.54) is 44.1 Å². The lowest BCUT2D eigenvalue weighted by atomic mass is 10.1. The molecule has 0 N–H and O–H groups in total. The molecule has 0 atom stereocenters. The smallest absolute Gasteiger partial charge is 0.0466 e. The molecule has 0 bridgehead atoms. The largest absolute Gasteiger partial charge is 0.381 e. The van der Waals surface area contributed by atoms with E-state index in [9.17, 15) is 0 Å². The van der Waals surface area contributed by atoms with Crippen LogP contribution >= 0.6 is 11.3 Å². The normalized spacial score (nSPS) is 10.8. The first kappa shape index (κ1) is 13.7. The number of ether oxygens (including phenoxy) is 1. The fourth-order valence-electron chi connectivity index (χ4n) is 1.63. The first-order valence-corrected chi connectivity index (χ1v) is 7.26. The quantitative estimate of drug-likeness (QED) is 0.547. The van der Waals surface area contributed by atoms with Crippen LogP contribution in [0.3, 0.4) is 0 Å². The lowest BCUT2D eigenvalue weighted by molar-refractivity contribution is 0.126. The van der Waals surface area contributed by atoms with Gasteiger partial charge in [0.2, 0.25) is 0 Å². The molecular formula is C14H23OS. The molecule has 2 heteroatoms. The highest BCUT2D eigenvalue weighted by molar-refractivity contribution is 7.07. The third-order valence-corrected chi connectivity index (χ3v) is 3.35. The fraction of sp³-hybridized carbons (Fsp3) is 0.643. The Bertz CT molecular complexity index is 231. The Labute approximate surface area is 104 Å². The summed E-state index contributed by atoms with van der Waals surface area (Å²) in [6.45, 7) is 5.66. The van der Waals surface area contributed by atoms with Gasteiger partial charge in [0, 0.05) is 13.2 Å². The van der Waals surface area contributed by atoms with Crippen LogP contribution in [0, 0.1) is 6.92 Å². The van der Waals surface area contributed by atoms with Crippen molar-refractivity contribution in [3.05, 3.63) is 29.3 Å². The minimum absolute atomic E-state index is 0.917. The van der Waals surface area contributed by atoms with Gasteiger partial charge in [0.05, 0.1) is 0 Å². The van der Waals surface area contributed by atoms with Crippen molar-refractivity contribution in [3.63, 3.8) is 0 Å². The third kappa shape index (κ3) is 7.02. The van der Waals surface area contributed by atoms with Crippen molar-refractivity contribution in [2.24, 2.45) is 0 Å². The molecule has 16 heavy (non-hydrogen) atoms. The molecule has 1 nitrogen and oxygen atoms in total. The van der Waals surface area contributed by atoms with Crippen molar-refractivity contribution in [1.82, 2.24) is 0 Å². The summed E-state index contributed by atoms with van der Waals surface area (Å²) in [4.78, 5) is 0. The SMILES string of the molecule is [CH2]CCCCOCCCCCc1ccsc1. The summed E-state index contributed by atoms with van der Waals surface area (Å²) in [5.74, 6) is 0. The topological polar surface area (TPSA) is 9.23 Å². The predicted octanol–water partition coefficient (Wildman–Crippen LogP) is 4.48. The van der Waals surface area contributed by atoms with Crippen LogP contribution in [0.2, 0.25) is 0 Å². The molecule has 0 spiro atoms. The molecule has 0 amide bonds. The van der Waals surface area contributed by atoms with Crippen molar-refractivity contribution in [2.75, 3.05) is 13.2 Å². The summed E-state index contributed by atoms with van der Waals surface area (Å²) in [5, 5.41) is 4.40. The molecule has 0 aromatic carbocycles. The third-order valence-electron chi connectivity index (χ3n) is 2.62. The van der Waals surface area contributed by atoms with Crippen LogP contribution in [0.15, 0.2) is 16.8 Å². The van der Waals surface area contributed by atoms with Crippen molar-refractivity contribution < 1.29 is 4.74 Å². The summed E-state index contributed by atoms with van der Waals surface area (Å²) in [6, 6.07) is 2.22. The van der Waals surface area contributed by atoms with Gasteiger partial charge in [-0.15, -0.1) is 0 Å². The molecule has 0 unspecified atom stereocenters. The second kappa shape index (κ2) is 9.86. The van der Waals surface area contributed by atoms with Crippen LogP contribution < -0.4 is 0 Å².